The summed E-state index contributed by atoms with van der Waals surface area (Å²) in [7, 11) is 0. The first-order chi connectivity index (χ1) is 11.8. The molecule has 120 valence electrons. The van der Waals surface area contributed by atoms with E-state index in [1.54, 1.807) is 23.1 Å². The molecule has 7 nitrogen and oxygen atoms in total. The molecule has 1 aliphatic carbocycles. The molecule has 4 aromatic heterocycles. The predicted molar refractivity (Wildman–Crippen MR) is 87.6 cm³/mol. The van der Waals surface area contributed by atoms with E-state index in [9.17, 15) is 0 Å². The molecule has 0 spiro atoms. The topological polar surface area (TPSA) is 91.5 Å². The average Bonchev–Trinajstić information content (AvgIpc) is 3.16. The molecule has 0 saturated heterocycles. The Labute approximate surface area is 137 Å². The van der Waals surface area contributed by atoms with Crippen LogP contribution >= 0.6 is 0 Å². The van der Waals surface area contributed by atoms with Crippen molar-refractivity contribution in [3.63, 3.8) is 0 Å². The van der Waals surface area contributed by atoms with Crippen LogP contribution in [0.25, 0.3) is 28.1 Å². The van der Waals surface area contributed by atoms with Crippen molar-refractivity contribution in [1.82, 2.24) is 19.6 Å². The van der Waals surface area contributed by atoms with Crippen LogP contribution in [-0.2, 0) is 0 Å². The Balaban J connectivity index is 1.55. The van der Waals surface area contributed by atoms with Crippen molar-refractivity contribution in [3.05, 3.63) is 42.9 Å². The molecular formula is C17H15N5O2. The number of rotatable bonds is 3. The minimum absolute atomic E-state index is 0.147. The number of furan rings is 1. The molecule has 4 aromatic rings. The van der Waals surface area contributed by atoms with Gasteiger partial charge in [-0.2, -0.15) is 0 Å². The quantitative estimate of drug-likeness (QED) is 0.623. The summed E-state index contributed by atoms with van der Waals surface area (Å²) in [6, 6.07) is 7.83. The third-order valence-electron chi connectivity index (χ3n) is 4.33. The maximum Gasteiger partial charge on any atom is 0.232 e. The van der Waals surface area contributed by atoms with Crippen LogP contribution < -0.4 is 10.5 Å². The lowest BCUT2D eigenvalue weighted by Crippen LogP contribution is -2.43. The molecule has 0 atom stereocenters. The van der Waals surface area contributed by atoms with E-state index in [2.05, 4.69) is 15.1 Å². The van der Waals surface area contributed by atoms with E-state index in [0.29, 0.717) is 11.6 Å². The Morgan fingerprint density at radius 1 is 1.21 bits per heavy atom. The third kappa shape index (κ3) is 2.13. The second-order valence-electron chi connectivity index (χ2n) is 6.08. The van der Waals surface area contributed by atoms with Crippen LogP contribution in [0.1, 0.15) is 12.8 Å². The van der Waals surface area contributed by atoms with Crippen LogP contribution in [0, 0.1) is 0 Å². The fourth-order valence-corrected chi connectivity index (χ4v) is 2.97. The van der Waals surface area contributed by atoms with Crippen molar-refractivity contribution in [2.24, 2.45) is 5.73 Å². The van der Waals surface area contributed by atoms with Gasteiger partial charge in [-0.1, -0.05) is 0 Å². The molecule has 7 heteroatoms. The van der Waals surface area contributed by atoms with E-state index in [0.717, 1.165) is 35.2 Å². The summed E-state index contributed by atoms with van der Waals surface area (Å²) in [4.78, 5) is 8.46. The van der Waals surface area contributed by atoms with Crippen LogP contribution in [0.5, 0.6) is 5.88 Å². The van der Waals surface area contributed by atoms with Crippen molar-refractivity contribution in [2.45, 2.75) is 25.0 Å². The summed E-state index contributed by atoms with van der Waals surface area (Å²) in [5, 5.41) is 5.54. The van der Waals surface area contributed by atoms with Crippen molar-refractivity contribution in [1.29, 1.82) is 0 Å². The van der Waals surface area contributed by atoms with Gasteiger partial charge in [-0.15, -0.1) is 5.10 Å². The Hall–Kier alpha value is -2.93. The lowest BCUT2D eigenvalue weighted by molar-refractivity contribution is 0.0944. The normalized spacial score (nSPS) is 20.4. The second kappa shape index (κ2) is 5.04. The Bertz CT molecular complexity index is 999. The van der Waals surface area contributed by atoms with Gasteiger partial charge in [0.2, 0.25) is 5.88 Å². The van der Waals surface area contributed by atoms with Gasteiger partial charge in [0.25, 0.3) is 0 Å². The van der Waals surface area contributed by atoms with Gasteiger partial charge >= 0.3 is 0 Å². The van der Waals surface area contributed by atoms with E-state index < -0.39 is 0 Å². The molecule has 24 heavy (non-hydrogen) atoms. The van der Waals surface area contributed by atoms with E-state index in [1.165, 1.54) is 0 Å². The van der Waals surface area contributed by atoms with Crippen LogP contribution in [-0.4, -0.2) is 31.7 Å². The van der Waals surface area contributed by atoms with Crippen LogP contribution in [0.4, 0.5) is 0 Å². The van der Waals surface area contributed by atoms with Gasteiger partial charge in [0, 0.05) is 23.7 Å². The molecular weight excluding hydrogens is 306 g/mol. The number of nitrogens with two attached hydrogens (primary N) is 1. The number of imidazole rings is 1. The fraction of sp³-hybridized carbons (Fsp3) is 0.235. The zero-order valence-corrected chi connectivity index (χ0v) is 12.8. The Morgan fingerprint density at radius 2 is 2.12 bits per heavy atom. The molecule has 1 aliphatic rings. The predicted octanol–water partition coefficient (Wildman–Crippen LogP) is 2.41. The van der Waals surface area contributed by atoms with Gasteiger partial charge in [0.1, 0.15) is 11.8 Å². The largest absolute Gasteiger partial charge is 0.473 e. The summed E-state index contributed by atoms with van der Waals surface area (Å²) in [5.74, 6) is 1.26. The van der Waals surface area contributed by atoms with Crippen molar-refractivity contribution < 1.29 is 9.15 Å². The molecule has 2 N–H and O–H groups in total. The average molecular weight is 321 g/mol. The first kappa shape index (κ1) is 13.5. The lowest BCUT2D eigenvalue weighted by atomic mass is 9.90. The molecule has 0 aromatic carbocycles. The van der Waals surface area contributed by atoms with Gasteiger partial charge < -0.3 is 14.9 Å². The molecule has 1 saturated carbocycles. The molecule has 4 heterocycles. The van der Waals surface area contributed by atoms with Crippen molar-refractivity contribution in [2.75, 3.05) is 0 Å². The summed E-state index contributed by atoms with van der Waals surface area (Å²) in [5.41, 5.74) is 8.05. The molecule has 0 bridgehead atoms. The number of pyridine rings is 1. The smallest absolute Gasteiger partial charge is 0.232 e. The van der Waals surface area contributed by atoms with E-state index >= 15 is 0 Å². The first-order valence-corrected chi connectivity index (χ1v) is 7.87. The highest BCUT2D eigenvalue weighted by Gasteiger charge is 2.28. The standard InChI is InChI=1S/C17H15N5O2/c18-11-6-12(7-11)23-17-2-1-16-20-8-13(22(16)21-17)14-5-10-3-4-19-9-15(10)24-14/h1-5,8-9,11-12H,6-7,18H2. The summed E-state index contributed by atoms with van der Waals surface area (Å²) in [6.45, 7) is 0. The van der Waals surface area contributed by atoms with Crippen molar-refractivity contribution >= 4 is 16.6 Å². The Morgan fingerprint density at radius 3 is 2.96 bits per heavy atom. The van der Waals surface area contributed by atoms with E-state index in [1.807, 2.05) is 24.3 Å². The fourth-order valence-electron chi connectivity index (χ4n) is 2.97. The van der Waals surface area contributed by atoms with Crippen LogP contribution in [0.2, 0.25) is 0 Å². The van der Waals surface area contributed by atoms with Crippen molar-refractivity contribution in [3.8, 4) is 17.3 Å². The molecule has 0 unspecified atom stereocenters. The molecule has 0 amide bonds. The first-order valence-electron chi connectivity index (χ1n) is 7.87. The number of fused-ring (bicyclic) bond motifs is 2. The third-order valence-corrected chi connectivity index (χ3v) is 4.33. The summed E-state index contributed by atoms with van der Waals surface area (Å²) < 4.78 is 13.5. The molecule has 5 rings (SSSR count). The maximum atomic E-state index is 5.87. The molecule has 0 radical (unpaired) electrons. The SMILES string of the molecule is NC1CC(Oc2ccc3ncc(-c4cc5ccncc5o4)n3n2)C1. The second-order valence-corrected chi connectivity index (χ2v) is 6.08. The number of hydrogen-bond acceptors (Lipinski definition) is 6. The van der Waals surface area contributed by atoms with Crippen LogP contribution in [0.15, 0.2) is 47.3 Å². The maximum absolute atomic E-state index is 5.87. The number of ether oxygens (including phenoxy) is 1. The van der Waals surface area contributed by atoms with Gasteiger partial charge in [-0.25, -0.2) is 9.50 Å². The minimum Gasteiger partial charge on any atom is -0.473 e. The van der Waals surface area contributed by atoms with Gasteiger partial charge in [0.05, 0.1) is 12.4 Å². The van der Waals surface area contributed by atoms with Gasteiger partial charge in [-0.3, -0.25) is 4.98 Å². The number of nitrogens with zero attached hydrogens (tertiary/aromatic N) is 4. The molecule has 0 aliphatic heterocycles. The molecule has 1 fully saturated rings. The minimum atomic E-state index is 0.147. The highest BCUT2D eigenvalue weighted by molar-refractivity contribution is 5.81. The zero-order chi connectivity index (χ0) is 16.1. The van der Waals surface area contributed by atoms with E-state index in [4.69, 9.17) is 14.9 Å². The van der Waals surface area contributed by atoms with Gasteiger partial charge in [-0.05, 0) is 31.0 Å². The zero-order valence-electron chi connectivity index (χ0n) is 12.8. The monoisotopic (exact) mass is 321 g/mol. The number of aromatic nitrogens is 4. The van der Waals surface area contributed by atoms with E-state index in [-0.39, 0.29) is 12.1 Å². The number of hydrogen-bond donors (Lipinski definition) is 1. The Kier molecular flexibility index (Phi) is 2.83. The summed E-state index contributed by atoms with van der Waals surface area (Å²) >= 11 is 0. The van der Waals surface area contributed by atoms with Gasteiger partial charge in [0.15, 0.2) is 17.0 Å². The summed E-state index contributed by atoms with van der Waals surface area (Å²) in [6.07, 6.45) is 7.07. The lowest BCUT2D eigenvalue weighted by Gasteiger charge is -2.31. The van der Waals surface area contributed by atoms with Crippen LogP contribution in [0.3, 0.4) is 0 Å². The highest BCUT2D eigenvalue weighted by Crippen LogP contribution is 2.28. The highest BCUT2D eigenvalue weighted by atomic mass is 16.5.